The smallest absolute Gasteiger partial charge is 0.235 e. The van der Waals surface area contributed by atoms with E-state index >= 15 is 0 Å². The zero-order chi connectivity index (χ0) is 26.3. The van der Waals surface area contributed by atoms with Crippen LogP contribution in [0.1, 0.15) is 12.8 Å². The zero-order valence-electron chi connectivity index (χ0n) is 20.3. The number of morpholine rings is 1. The minimum absolute atomic E-state index is 0.0473. The first-order chi connectivity index (χ1) is 18.4. The second-order valence-electron chi connectivity index (χ2n) is 9.37. The first-order valence-electron chi connectivity index (χ1n) is 12.3. The molecule has 4 heterocycles. The fourth-order valence-corrected chi connectivity index (χ4v) is 5.79. The quantitative estimate of drug-likeness (QED) is 0.338. The molecule has 9 nitrogen and oxygen atoms in total. The molecule has 0 atom stereocenters. The predicted octanol–water partition coefficient (Wildman–Crippen LogP) is 3.91. The van der Waals surface area contributed by atoms with Crippen molar-refractivity contribution in [2.75, 3.05) is 37.8 Å². The van der Waals surface area contributed by atoms with E-state index in [2.05, 4.69) is 19.7 Å². The highest BCUT2D eigenvalue weighted by Crippen LogP contribution is 2.36. The van der Waals surface area contributed by atoms with Gasteiger partial charge in [-0.1, -0.05) is 0 Å². The molecule has 0 amide bonds. The Hall–Kier alpha value is -3.61. The number of rotatable bonds is 8. The van der Waals surface area contributed by atoms with E-state index in [1.807, 2.05) is 12.1 Å². The number of nitrogens with zero attached hydrogens (tertiary/aromatic N) is 4. The number of anilines is 1. The summed E-state index contributed by atoms with van der Waals surface area (Å²) < 4.78 is 69.2. The lowest BCUT2D eigenvalue weighted by molar-refractivity contribution is 0.00408. The highest BCUT2D eigenvalue weighted by molar-refractivity contribution is 7.93. The molecule has 1 saturated heterocycles. The summed E-state index contributed by atoms with van der Waals surface area (Å²) in [5.74, 6) is -1.29. The van der Waals surface area contributed by atoms with Gasteiger partial charge in [0.15, 0.2) is 0 Å². The minimum atomic E-state index is -3.58. The number of halogens is 2. The van der Waals surface area contributed by atoms with Crippen molar-refractivity contribution in [3.05, 3.63) is 66.8 Å². The van der Waals surface area contributed by atoms with Crippen molar-refractivity contribution >= 4 is 21.2 Å². The molecule has 0 spiro atoms. The van der Waals surface area contributed by atoms with Crippen molar-refractivity contribution in [2.45, 2.75) is 18.1 Å². The lowest BCUT2D eigenvalue weighted by Crippen LogP contribution is -2.38. The van der Waals surface area contributed by atoms with Crippen LogP contribution < -0.4 is 9.46 Å². The Balaban J connectivity index is 1.39. The third-order valence-electron chi connectivity index (χ3n) is 6.60. The minimum Gasteiger partial charge on any atom is -0.478 e. The molecular weight excluding hydrogens is 516 g/mol. The lowest BCUT2D eigenvalue weighted by Gasteiger charge is -2.26. The van der Waals surface area contributed by atoms with E-state index in [0.717, 1.165) is 24.7 Å². The third-order valence-corrected chi connectivity index (χ3v) is 8.47. The molecule has 198 valence electrons. The summed E-state index contributed by atoms with van der Waals surface area (Å²) in [5.41, 5.74) is 2.67. The predicted molar refractivity (Wildman–Crippen MR) is 137 cm³/mol. The summed E-state index contributed by atoms with van der Waals surface area (Å²) in [5, 5.41) is 3.98. The number of fused-ring (bicyclic) bond motifs is 1. The molecule has 1 aromatic carbocycles. The van der Waals surface area contributed by atoms with Gasteiger partial charge in [0.2, 0.25) is 21.9 Å². The number of hydrogen-bond donors (Lipinski definition) is 1. The molecule has 1 aliphatic heterocycles. The van der Waals surface area contributed by atoms with Crippen molar-refractivity contribution < 1.29 is 26.7 Å². The van der Waals surface area contributed by atoms with Crippen LogP contribution in [0.25, 0.3) is 27.8 Å². The Morgan fingerprint density at radius 1 is 1.03 bits per heavy atom. The number of benzene rings is 1. The van der Waals surface area contributed by atoms with E-state index in [1.54, 1.807) is 29.0 Å². The second-order valence-corrected chi connectivity index (χ2v) is 11.3. The Kier molecular flexibility index (Phi) is 6.46. The van der Waals surface area contributed by atoms with Gasteiger partial charge in [-0.3, -0.25) is 9.62 Å². The maximum atomic E-state index is 14.6. The van der Waals surface area contributed by atoms with Crippen LogP contribution in [0.2, 0.25) is 0 Å². The average Bonchev–Trinajstić information content (AvgIpc) is 3.68. The fraction of sp³-hybridized carbons (Fsp3) is 0.308. The lowest BCUT2D eigenvalue weighted by atomic mass is 9.99. The van der Waals surface area contributed by atoms with E-state index in [4.69, 9.17) is 9.47 Å². The van der Waals surface area contributed by atoms with Gasteiger partial charge in [0.1, 0.15) is 12.5 Å². The molecule has 0 unspecified atom stereocenters. The van der Waals surface area contributed by atoms with Crippen molar-refractivity contribution in [2.24, 2.45) is 0 Å². The fourth-order valence-electron chi connectivity index (χ4n) is 4.42. The largest absolute Gasteiger partial charge is 0.478 e. The van der Waals surface area contributed by atoms with Crippen molar-refractivity contribution in [1.82, 2.24) is 19.5 Å². The molecular formula is C26H25F2N5O4S. The van der Waals surface area contributed by atoms with Crippen molar-refractivity contribution in [3.63, 3.8) is 0 Å². The van der Waals surface area contributed by atoms with Crippen LogP contribution in [0.3, 0.4) is 0 Å². The van der Waals surface area contributed by atoms with Crippen LogP contribution >= 0.6 is 0 Å². The van der Waals surface area contributed by atoms with Gasteiger partial charge in [0.05, 0.1) is 30.2 Å². The molecule has 2 aliphatic rings. The van der Waals surface area contributed by atoms with Crippen LogP contribution in [-0.4, -0.2) is 66.2 Å². The second kappa shape index (κ2) is 9.93. The van der Waals surface area contributed by atoms with Gasteiger partial charge < -0.3 is 9.47 Å². The third kappa shape index (κ3) is 5.19. The molecule has 12 heteroatoms. The highest BCUT2D eigenvalue weighted by atomic mass is 32.2. The number of aromatic nitrogens is 3. The average molecular weight is 542 g/mol. The van der Waals surface area contributed by atoms with E-state index in [9.17, 15) is 17.2 Å². The summed E-state index contributed by atoms with van der Waals surface area (Å²) in [4.78, 5) is 5.44. The molecule has 3 aromatic heterocycles. The number of hydrogen-bond acceptors (Lipinski definition) is 7. The van der Waals surface area contributed by atoms with Crippen molar-refractivity contribution in [3.8, 4) is 28.0 Å². The highest BCUT2D eigenvalue weighted by Gasteiger charge is 2.35. The molecule has 1 aliphatic carbocycles. The Morgan fingerprint density at radius 2 is 1.79 bits per heavy atom. The summed E-state index contributed by atoms with van der Waals surface area (Å²) in [6, 6.07) is 10.9. The van der Waals surface area contributed by atoms with Crippen LogP contribution in [0, 0.1) is 11.9 Å². The van der Waals surface area contributed by atoms with Gasteiger partial charge in [-0.05, 0) is 60.4 Å². The molecule has 6 rings (SSSR count). The number of pyridine rings is 2. The summed E-state index contributed by atoms with van der Waals surface area (Å²) in [6.45, 7) is 3.34. The normalized spacial score (nSPS) is 16.6. The van der Waals surface area contributed by atoms with Gasteiger partial charge in [0.25, 0.3) is 0 Å². The Bertz CT molecular complexity index is 1600. The van der Waals surface area contributed by atoms with Gasteiger partial charge in [-0.2, -0.15) is 18.9 Å². The van der Waals surface area contributed by atoms with Gasteiger partial charge in [-0.25, -0.2) is 12.9 Å². The number of sulfonamides is 1. The Labute approximate surface area is 218 Å². The molecule has 4 aromatic rings. The standard InChI is InChI=1S/C26H25F2N5O4S/c27-25-4-3-22(26(28)30-25)17-11-18(13-19(12-17)31-38(34,35)21-1-2-21)23-15-29-33-6-5-20(14-24(23)33)37-16-32-7-9-36-10-8-32/h3-6,11-15,21,31H,1-2,7-10,16H2. The molecule has 2 fully saturated rings. The van der Waals surface area contributed by atoms with Gasteiger partial charge in [-0.15, -0.1) is 0 Å². The van der Waals surface area contributed by atoms with Crippen LogP contribution in [0.5, 0.6) is 5.75 Å². The molecule has 1 N–H and O–H groups in total. The Morgan fingerprint density at radius 3 is 2.53 bits per heavy atom. The molecule has 0 bridgehead atoms. The van der Waals surface area contributed by atoms with E-state index in [-0.39, 0.29) is 11.3 Å². The first kappa shape index (κ1) is 24.7. The van der Waals surface area contributed by atoms with Crippen molar-refractivity contribution in [1.29, 1.82) is 0 Å². The van der Waals surface area contributed by atoms with Crippen LogP contribution in [-0.2, 0) is 14.8 Å². The number of ether oxygens (including phenoxy) is 2. The summed E-state index contributed by atoms with van der Waals surface area (Å²) in [6.07, 6.45) is 4.62. The first-order valence-corrected chi connectivity index (χ1v) is 13.8. The topological polar surface area (TPSA) is 98.1 Å². The van der Waals surface area contributed by atoms with E-state index in [1.165, 1.54) is 12.1 Å². The maximum absolute atomic E-state index is 14.6. The molecule has 0 radical (unpaired) electrons. The van der Waals surface area contributed by atoms with E-state index < -0.39 is 27.2 Å². The van der Waals surface area contributed by atoms with Gasteiger partial charge in [0, 0.05) is 42.2 Å². The van der Waals surface area contributed by atoms with Gasteiger partial charge >= 0.3 is 0 Å². The molecule has 1 saturated carbocycles. The van der Waals surface area contributed by atoms with Crippen LogP contribution in [0.15, 0.2) is 54.9 Å². The molecule has 38 heavy (non-hydrogen) atoms. The summed E-state index contributed by atoms with van der Waals surface area (Å²) in [7, 11) is -3.58. The van der Waals surface area contributed by atoms with E-state index in [0.29, 0.717) is 55.2 Å². The number of nitrogens with one attached hydrogen (secondary N) is 1. The SMILES string of the molecule is O=S(=O)(Nc1cc(-c2ccc(F)nc2F)cc(-c2cnn3ccc(OCN4CCOCC4)cc23)c1)C1CC1. The van der Waals surface area contributed by atoms with Crippen LogP contribution in [0.4, 0.5) is 14.5 Å². The monoisotopic (exact) mass is 541 g/mol. The maximum Gasteiger partial charge on any atom is 0.235 e. The summed E-state index contributed by atoms with van der Waals surface area (Å²) >= 11 is 0. The zero-order valence-corrected chi connectivity index (χ0v) is 21.1.